The molecule has 1 saturated heterocycles. The van der Waals surface area contributed by atoms with Crippen LogP contribution in [0.15, 0.2) is 35.3 Å². The summed E-state index contributed by atoms with van der Waals surface area (Å²) in [4.78, 5) is 41.7. The molecule has 2 N–H and O–H groups in total. The van der Waals surface area contributed by atoms with E-state index in [-0.39, 0.29) is 29.5 Å². The minimum atomic E-state index is -0.528. The number of fused-ring (bicyclic) bond motifs is 1. The maximum absolute atomic E-state index is 12.4. The average molecular weight is 327 g/mol. The molecule has 126 valence electrons. The van der Waals surface area contributed by atoms with E-state index in [0.717, 1.165) is 25.8 Å². The van der Waals surface area contributed by atoms with Crippen molar-refractivity contribution in [3.05, 3.63) is 46.2 Å². The second-order valence-corrected chi connectivity index (χ2v) is 6.19. The molecule has 0 spiro atoms. The molecule has 1 atom stereocenters. The molecule has 2 aromatic rings. The molecule has 0 aliphatic carbocycles. The second kappa shape index (κ2) is 6.86. The number of rotatable bonds is 3. The molecule has 2 heterocycles. The summed E-state index contributed by atoms with van der Waals surface area (Å²) < 4.78 is 0. The number of carbonyl (C=O) groups excluding carboxylic acids is 2. The maximum Gasteiger partial charge on any atom is 0.257 e. The van der Waals surface area contributed by atoms with Gasteiger partial charge in [0, 0.05) is 29.7 Å². The van der Waals surface area contributed by atoms with Gasteiger partial charge in [0.25, 0.3) is 5.91 Å². The summed E-state index contributed by atoms with van der Waals surface area (Å²) in [6.07, 6.45) is 4.51. The van der Waals surface area contributed by atoms with Crippen LogP contribution in [0.1, 0.15) is 36.5 Å². The third-order valence-electron chi connectivity index (χ3n) is 4.56. The number of H-pyrrole nitrogens is 1. The third-order valence-corrected chi connectivity index (χ3v) is 4.56. The highest BCUT2D eigenvalue weighted by Gasteiger charge is 2.23. The molecule has 1 fully saturated rings. The fourth-order valence-corrected chi connectivity index (χ4v) is 3.16. The predicted octanol–water partition coefficient (Wildman–Crippen LogP) is 1.66. The van der Waals surface area contributed by atoms with Gasteiger partial charge >= 0.3 is 0 Å². The van der Waals surface area contributed by atoms with Gasteiger partial charge in [-0.25, -0.2) is 0 Å². The molecule has 2 amide bonds. The van der Waals surface area contributed by atoms with Crippen molar-refractivity contribution in [2.75, 3.05) is 13.1 Å². The Morgan fingerprint density at radius 2 is 2.08 bits per heavy atom. The van der Waals surface area contributed by atoms with Crippen molar-refractivity contribution in [3.8, 4) is 0 Å². The molecule has 3 rings (SSSR count). The van der Waals surface area contributed by atoms with Crippen LogP contribution < -0.4 is 10.7 Å². The van der Waals surface area contributed by atoms with Gasteiger partial charge in [-0.2, -0.15) is 0 Å². The fourth-order valence-electron chi connectivity index (χ4n) is 3.16. The number of carbonyl (C=O) groups is 2. The number of piperidine rings is 1. The lowest BCUT2D eigenvalue weighted by Crippen LogP contribution is -2.47. The summed E-state index contributed by atoms with van der Waals surface area (Å²) in [5, 5.41) is 3.03. The molecule has 1 aliphatic rings. The Kier molecular flexibility index (Phi) is 4.64. The van der Waals surface area contributed by atoms with Crippen molar-refractivity contribution in [1.82, 2.24) is 15.2 Å². The van der Waals surface area contributed by atoms with Crippen molar-refractivity contribution in [1.29, 1.82) is 0 Å². The van der Waals surface area contributed by atoms with E-state index in [0.29, 0.717) is 10.9 Å². The van der Waals surface area contributed by atoms with Crippen molar-refractivity contribution in [2.24, 2.45) is 0 Å². The van der Waals surface area contributed by atoms with Crippen molar-refractivity contribution < 1.29 is 9.59 Å². The summed E-state index contributed by atoms with van der Waals surface area (Å²) in [5.74, 6) is -0.632. The molecular formula is C18H21N3O3. The Balaban J connectivity index is 1.70. The van der Waals surface area contributed by atoms with Gasteiger partial charge in [-0.1, -0.05) is 12.1 Å². The average Bonchev–Trinajstić information content (AvgIpc) is 2.60. The maximum atomic E-state index is 12.4. The van der Waals surface area contributed by atoms with E-state index in [9.17, 15) is 14.4 Å². The van der Waals surface area contributed by atoms with E-state index < -0.39 is 5.91 Å². The zero-order chi connectivity index (χ0) is 17.1. The number of nitrogens with zero attached hydrogens (tertiary/aromatic N) is 1. The molecule has 1 unspecified atom stereocenters. The minimum absolute atomic E-state index is 0.0215. The fraction of sp³-hybridized carbons (Fsp3) is 0.389. The number of nitrogens with one attached hydrogen (secondary N) is 2. The highest BCUT2D eigenvalue weighted by Crippen LogP contribution is 2.16. The second-order valence-electron chi connectivity index (χ2n) is 6.19. The van der Waals surface area contributed by atoms with Crippen LogP contribution in [0.5, 0.6) is 0 Å². The van der Waals surface area contributed by atoms with Gasteiger partial charge in [0.1, 0.15) is 5.56 Å². The Labute approximate surface area is 139 Å². The number of benzene rings is 1. The smallest absolute Gasteiger partial charge is 0.257 e. The lowest BCUT2D eigenvalue weighted by atomic mass is 10.0. The van der Waals surface area contributed by atoms with E-state index in [1.807, 2.05) is 13.0 Å². The van der Waals surface area contributed by atoms with E-state index in [2.05, 4.69) is 10.3 Å². The Bertz CT molecular complexity index is 828. The van der Waals surface area contributed by atoms with Crippen molar-refractivity contribution in [2.45, 2.75) is 32.2 Å². The van der Waals surface area contributed by atoms with Gasteiger partial charge in [0.2, 0.25) is 11.3 Å². The summed E-state index contributed by atoms with van der Waals surface area (Å²) in [7, 11) is 0. The van der Waals surface area contributed by atoms with Gasteiger partial charge in [0.15, 0.2) is 0 Å². The number of hydrogen-bond acceptors (Lipinski definition) is 3. The molecule has 0 bridgehead atoms. The number of amides is 2. The first-order valence-electron chi connectivity index (χ1n) is 8.26. The van der Waals surface area contributed by atoms with Crippen LogP contribution in [0, 0.1) is 0 Å². The number of pyridine rings is 1. The molecule has 1 aliphatic heterocycles. The molecule has 6 nitrogen and oxygen atoms in total. The summed E-state index contributed by atoms with van der Waals surface area (Å²) in [6.45, 7) is 2.66. The van der Waals surface area contributed by atoms with Crippen LogP contribution in [0.4, 0.5) is 0 Å². The molecule has 1 aromatic heterocycles. The Morgan fingerprint density at radius 1 is 1.29 bits per heavy atom. The lowest BCUT2D eigenvalue weighted by Gasteiger charge is -2.33. The monoisotopic (exact) mass is 327 g/mol. The molecule has 24 heavy (non-hydrogen) atoms. The first-order valence-corrected chi connectivity index (χ1v) is 8.26. The number of para-hydroxylation sites is 1. The van der Waals surface area contributed by atoms with Gasteiger partial charge < -0.3 is 15.2 Å². The number of aromatic amines is 1. The minimum Gasteiger partial charge on any atom is -0.360 e. The lowest BCUT2D eigenvalue weighted by molar-refractivity contribution is -0.133. The number of hydrogen-bond donors (Lipinski definition) is 2. The normalized spacial score (nSPS) is 17.7. The van der Waals surface area contributed by atoms with Crippen LogP contribution in [0.2, 0.25) is 0 Å². The van der Waals surface area contributed by atoms with Crippen LogP contribution in [-0.4, -0.2) is 40.8 Å². The molecule has 1 aromatic carbocycles. The van der Waals surface area contributed by atoms with E-state index in [1.54, 1.807) is 23.1 Å². The Morgan fingerprint density at radius 3 is 2.88 bits per heavy atom. The standard InChI is InChI=1S/C18H21N3O3/c1-12-6-4-5-9-21(12)16(22)11-20-18(24)14-10-19-15-8-3-2-7-13(15)17(14)23/h2-3,7-8,10,12H,4-6,9,11H2,1H3,(H,19,23)(H,20,24). The first kappa shape index (κ1) is 16.2. The van der Waals surface area contributed by atoms with E-state index >= 15 is 0 Å². The topological polar surface area (TPSA) is 82.3 Å². The van der Waals surface area contributed by atoms with Gasteiger partial charge in [-0.15, -0.1) is 0 Å². The predicted molar refractivity (Wildman–Crippen MR) is 91.9 cm³/mol. The van der Waals surface area contributed by atoms with Gasteiger partial charge in [0.05, 0.1) is 6.54 Å². The van der Waals surface area contributed by atoms with Crippen LogP contribution >= 0.6 is 0 Å². The van der Waals surface area contributed by atoms with Crippen molar-refractivity contribution in [3.63, 3.8) is 0 Å². The first-order chi connectivity index (χ1) is 11.6. The van der Waals surface area contributed by atoms with Gasteiger partial charge in [-0.05, 0) is 38.3 Å². The number of likely N-dealkylation sites (tertiary alicyclic amines) is 1. The molecule has 0 radical (unpaired) electrons. The SMILES string of the molecule is CC1CCCCN1C(=O)CNC(=O)c1c[nH]c2ccccc2c1=O. The third kappa shape index (κ3) is 3.18. The summed E-state index contributed by atoms with van der Waals surface area (Å²) in [5.41, 5.74) is 0.367. The van der Waals surface area contributed by atoms with Crippen LogP contribution in [0.25, 0.3) is 10.9 Å². The highest BCUT2D eigenvalue weighted by molar-refractivity contribution is 5.98. The summed E-state index contributed by atoms with van der Waals surface area (Å²) >= 11 is 0. The molecule has 0 saturated carbocycles. The zero-order valence-electron chi connectivity index (χ0n) is 13.7. The molecular weight excluding hydrogens is 306 g/mol. The quantitative estimate of drug-likeness (QED) is 0.899. The van der Waals surface area contributed by atoms with Crippen LogP contribution in [-0.2, 0) is 4.79 Å². The van der Waals surface area contributed by atoms with Gasteiger partial charge in [-0.3, -0.25) is 14.4 Å². The van der Waals surface area contributed by atoms with E-state index in [4.69, 9.17) is 0 Å². The van der Waals surface area contributed by atoms with Crippen LogP contribution in [0.3, 0.4) is 0 Å². The largest absolute Gasteiger partial charge is 0.360 e. The summed E-state index contributed by atoms with van der Waals surface area (Å²) in [6, 6.07) is 7.22. The van der Waals surface area contributed by atoms with Crippen molar-refractivity contribution >= 4 is 22.7 Å². The van der Waals surface area contributed by atoms with E-state index in [1.165, 1.54) is 6.20 Å². The highest BCUT2D eigenvalue weighted by atomic mass is 16.2. The zero-order valence-corrected chi connectivity index (χ0v) is 13.7. The Hall–Kier alpha value is -2.63. The number of aromatic nitrogens is 1. The molecule has 6 heteroatoms.